The van der Waals surface area contributed by atoms with Crippen LogP contribution >= 0.6 is 11.3 Å². The van der Waals surface area contributed by atoms with Crippen molar-refractivity contribution in [2.75, 3.05) is 12.4 Å². The number of carbonyl (C=O) groups is 1. The predicted molar refractivity (Wildman–Crippen MR) is 111 cm³/mol. The third-order valence-electron chi connectivity index (χ3n) is 5.35. The molecule has 1 heterocycles. The van der Waals surface area contributed by atoms with E-state index in [1.165, 1.54) is 63.7 Å². The summed E-state index contributed by atoms with van der Waals surface area (Å²) in [6.45, 7) is 2.83. The molecule has 0 radical (unpaired) electrons. The highest BCUT2D eigenvalue weighted by Crippen LogP contribution is 2.35. The number of sulfone groups is 1. The maximum absolute atomic E-state index is 13.0. The molecule has 1 amide bonds. The lowest BCUT2D eigenvalue weighted by Crippen LogP contribution is -2.44. The summed E-state index contributed by atoms with van der Waals surface area (Å²) >= 11 is 1.34. The van der Waals surface area contributed by atoms with Crippen LogP contribution in [0.4, 0.5) is 5.13 Å². The Kier molecular flexibility index (Phi) is 6.09. The lowest BCUT2D eigenvalue weighted by molar-refractivity contribution is -0.117. The zero-order chi connectivity index (χ0) is 20.4. The number of amides is 1. The minimum atomic E-state index is -3.89. The van der Waals surface area contributed by atoms with Crippen molar-refractivity contribution < 1.29 is 17.9 Å². The van der Waals surface area contributed by atoms with Gasteiger partial charge in [0.25, 0.3) is 0 Å². The van der Waals surface area contributed by atoms with E-state index in [2.05, 4.69) is 10.3 Å². The number of nitrogens with zero attached hydrogens (tertiary/aromatic N) is 1. The molecule has 1 aromatic carbocycles. The monoisotopic (exact) mass is 422 g/mol. The Bertz CT molecular complexity index is 927. The van der Waals surface area contributed by atoms with E-state index in [4.69, 9.17) is 4.74 Å². The molecule has 1 aliphatic carbocycles. The zero-order valence-electron chi connectivity index (χ0n) is 16.4. The minimum absolute atomic E-state index is 0.0792. The fourth-order valence-corrected chi connectivity index (χ4v) is 5.51. The standard InChI is InChI=1S/C20H26N2O4S2/c1-20(2,28(24,25)16-11-9-15(26-3)10-12-16)18(23)22-19-21-17(13-27-19)14-7-5-4-6-8-14/h9-14H,4-8H2,1-3H3,(H,21,22,23). The average Bonchev–Trinajstić information content (AvgIpc) is 3.17. The first-order valence-corrected chi connectivity index (χ1v) is 11.8. The van der Waals surface area contributed by atoms with Crippen LogP contribution in [-0.4, -0.2) is 31.2 Å². The smallest absolute Gasteiger partial charge is 0.247 e. The maximum atomic E-state index is 13.0. The molecule has 0 spiro atoms. The highest BCUT2D eigenvalue weighted by molar-refractivity contribution is 7.93. The van der Waals surface area contributed by atoms with E-state index in [1.54, 1.807) is 12.1 Å². The quantitative estimate of drug-likeness (QED) is 0.746. The molecule has 3 rings (SSSR count). The van der Waals surface area contributed by atoms with Crippen LogP contribution in [0.5, 0.6) is 5.75 Å². The molecular weight excluding hydrogens is 396 g/mol. The third kappa shape index (κ3) is 4.07. The van der Waals surface area contributed by atoms with Gasteiger partial charge in [-0.1, -0.05) is 19.3 Å². The van der Waals surface area contributed by atoms with E-state index in [0.717, 1.165) is 18.5 Å². The molecule has 152 valence electrons. The van der Waals surface area contributed by atoms with Crippen LogP contribution in [0.3, 0.4) is 0 Å². The first kappa shape index (κ1) is 20.8. The minimum Gasteiger partial charge on any atom is -0.497 e. The van der Waals surface area contributed by atoms with Crippen molar-refractivity contribution in [2.45, 2.75) is 61.5 Å². The zero-order valence-corrected chi connectivity index (χ0v) is 18.0. The Morgan fingerprint density at radius 3 is 2.43 bits per heavy atom. The van der Waals surface area contributed by atoms with Crippen molar-refractivity contribution in [3.05, 3.63) is 35.3 Å². The van der Waals surface area contributed by atoms with Gasteiger partial charge in [0.05, 0.1) is 17.7 Å². The Hall–Kier alpha value is -1.93. The molecule has 1 fully saturated rings. The lowest BCUT2D eigenvalue weighted by Gasteiger charge is -2.23. The Morgan fingerprint density at radius 2 is 1.82 bits per heavy atom. The van der Waals surface area contributed by atoms with Crippen molar-refractivity contribution in [3.8, 4) is 5.75 Å². The van der Waals surface area contributed by atoms with Gasteiger partial charge < -0.3 is 10.1 Å². The van der Waals surface area contributed by atoms with Crippen LogP contribution in [0.15, 0.2) is 34.5 Å². The molecular formula is C20H26N2O4S2. The summed E-state index contributed by atoms with van der Waals surface area (Å²) in [7, 11) is -2.38. The summed E-state index contributed by atoms with van der Waals surface area (Å²) in [5.41, 5.74) is 0.996. The number of hydrogen-bond donors (Lipinski definition) is 1. The van der Waals surface area contributed by atoms with Crippen molar-refractivity contribution in [3.63, 3.8) is 0 Å². The summed E-state index contributed by atoms with van der Waals surface area (Å²) in [6, 6.07) is 6.04. The number of aromatic nitrogens is 1. The van der Waals surface area contributed by atoms with Gasteiger partial charge in [-0.05, 0) is 51.0 Å². The van der Waals surface area contributed by atoms with Gasteiger partial charge in [-0.2, -0.15) is 0 Å². The number of benzene rings is 1. The number of hydrogen-bond acceptors (Lipinski definition) is 6. The van der Waals surface area contributed by atoms with Crippen molar-refractivity contribution in [2.24, 2.45) is 0 Å². The molecule has 8 heteroatoms. The van der Waals surface area contributed by atoms with Crippen LogP contribution < -0.4 is 10.1 Å². The summed E-state index contributed by atoms with van der Waals surface area (Å²) in [5.74, 6) is 0.402. The van der Waals surface area contributed by atoms with Gasteiger partial charge in [0.2, 0.25) is 5.91 Å². The highest BCUT2D eigenvalue weighted by Gasteiger charge is 2.43. The SMILES string of the molecule is COc1ccc(S(=O)(=O)C(C)(C)C(=O)Nc2nc(C3CCCCC3)cs2)cc1. The van der Waals surface area contributed by atoms with Crippen molar-refractivity contribution in [1.82, 2.24) is 4.98 Å². The number of methoxy groups -OCH3 is 1. The lowest BCUT2D eigenvalue weighted by atomic mass is 9.87. The number of thiazole rings is 1. The maximum Gasteiger partial charge on any atom is 0.247 e. The highest BCUT2D eigenvalue weighted by atomic mass is 32.2. The fourth-order valence-electron chi connectivity index (χ4n) is 3.35. The molecule has 0 atom stereocenters. The normalized spacial score (nSPS) is 16.0. The molecule has 1 N–H and O–H groups in total. The Morgan fingerprint density at radius 1 is 1.18 bits per heavy atom. The summed E-state index contributed by atoms with van der Waals surface area (Å²) < 4.78 is 29.5. The summed E-state index contributed by atoms with van der Waals surface area (Å²) in [5, 5.41) is 5.12. The van der Waals surface area contributed by atoms with Crippen molar-refractivity contribution >= 4 is 32.2 Å². The van der Waals surface area contributed by atoms with Crippen LogP contribution in [0.1, 0.15) is 57.6 Å². The van der Waals surface area contributed by atoms with Crippen LogP contribution in [0.2, 0.25) is 0 Å². The van der Waals surface area contributed by atoms with Crippen LogP contribution in [0.25, 0.3) is 0 Å². The second-order valence-electron chi connectivity index (χ2n) is 7.56. The number of ether oxygens (including phenoxy) is 1. The average molecular weight is 423 g/mol. The van der Waals surface area contributed by atoms with E-state index < -0.39 is 20.5 Å². The molecule has 0 bridgehead atoms. The molecule has 6 nitrogen and oxygen atoms in total. The summed E-state index contributed by atoms with van der Waals surface area (Å²) in [4.78, 5) is 17.4. The van der Waals surface area contributed by atoms with E-state index >= 15 is 0 Å². The molecule has 0 unspecified atom stereocenters. The van der Waals surface area contributed by atoms with E-state index in [1.807, 2.05) is 5.38 Å². The number of rotatable bonds is 6. The molecule has 2 aromatic rings. The van der Waals surface area contributed by atoms with Gasteiger partial charge in [-0.25, -0.2) is 13.4 Å². The van der Waals surface area contributed by atoms with Gasteiger partial charge in [0.1, 0.15) is 10.5 Å². The molecule has 0 aliphatic heterocycles. The number of nitrogens with one attached hydrogen (secondary N) is 1. The molecule has 28 heavy (non-hydrogen) atoms. The summed E-state index contributed by atoms with van der Waals surface area (Å²) in [6.07, 6.45) is 5.92. The molecule has 1 aromatic heterocycles. The first-order chi connectivity index (χ1) is 13.3. The van der Waals surface area contributed by atoms with E-state index in [9.17, 15) is 13.2 Å². The van der Waals surface area contributed by atoms with E-state index in [-0.39, 0.29) is 4.90 Å². The van der Waals surface area contributed by atoms with Crippen LogP contribution in [-0.2, 0) is 14.6 Å². The Labute approximate surface area is 170 Å². The predicted octanol–water partition coefficient (Wildman–Crippen LogP) is 4.39. The topological polar surface area (TPSA) is 85.4 Å². The van der Waals surface area contributed by atoms with Gasteiger partial charge in [0.15, 0.2) is 15.0 Å². The first-order valence-electron chi connectivity index (χ1n) is 9.41. The largest absolute Gasteiger partial charge is 0.497 e. The van der Waals surface area contributed by atoms with Crippen LogP contribution in [0, 0.1) is 0 Å². The number of carbonyl (C=O) groups excluding carboxylic acids is 1. The second-order valence-corrected chi connectivity index (χ2v) is 10.9. The van der Waals surface area contributed by atoms with Gasteiger partial charge >= 0.3 is 0 Å². The molecule has 0 saturated heterocycles. The van der Waals surface area contributed by atoms with Crippen molar-refractivity contribution in [1.29, 1.82) is 0 Å². The van der Waals surface area contributed by atoms with Gasteiger partial charge in [-0.15, -0.1) is 11.3 Å². The number of anilines is 1. The molecule has 1 saturated carbocycles. The second kappa shape index (κ2) is 8.21. The van der Waals surface area contributed by atoms with E-state index in [0.29, 0.717) is 16.8 Å². The molecule has 1 aliphatic rings. The Balaban J connectivity index is 1.75. The third-order valence-corrected chi connectivity index (χ3v) is 8.55. The van der Waals surface area contributed by atoms with Gasteiger partial charge in [0, 0.05) is 11.3 Å². The van der Waals surface area contributed by atoms with Gasteiger partial charge in [-0.3, -0.25) is 4.79 Å². The fraction of sp³-hybridized carbons (Fsp3) is 0.500.